The first-order valence-corrected chi connectivity index (χ1v) is 6.12. The Hall–Kier alpha value is -1.92. The van der Waals surface area contributed by atoms with Crippen molar-refractivity contribution in [2.24, 2.45) is 5.84 Å². The fraction of sp³-hybridized carbons (Fsp3) is 0.250. The number of nitrogens with zero attached hydrogens (tertiary/aromatic N) is 3. The van der Waals surface area contributed by atoms with Crippen molar-refractivity contribution in [2.45, 2.75) is 13.8 Å². The maximum absolute atomic E-state index is 12.2. The van der Waals surface area contributed by atoms with Crippen molar-refractivity contribution in [3.8, 4) is 0 Å². The number of carbonyl (C=O) groups excluding carboxylic acids is 2. The lowest BCUT2D eigenvalue weighted by Gasteiger charge is -2.13. The van der Waals surface area contributed by atoms with Gasteiger partial charge in [-0.25, -0.2) is 15.8 Å². The van der Waals surface area contributed by atoms with Crippen LogP contribution in [-0.4, -0.2) is 32.1 Å². The van der Waals surface area contributed by atoms with E-state index in [1.807, 2.05) is 13.0 Å². The van der Waals surface area contributed by atoms with E-state index in [1.165, 1.54) is 0 Å². The molecule has 0 radical (unpaired) electrons. The molecule has 2 rings (SSSR count). The van der Waals surface area contributed by atoms with Crippen molar-refractivity contribution in [1.82, 2.24) is 14.4 Å². The van der Waals surface area contributed by atoms with Crippen molar-refractivity contribution in [1.29, 1.82) is 0 Å². The summed E-state index contributed by atoms with van der Waals surface area (Å²) in [5.41, 5.74) is 2.36. The minimum Gasteiger partial charge on any atom is -0.295 e. The minimum absolute atomic E-state index is 0.264. The van der Waals surface area contributed by atoms with Gasteiger partial charge in [0.05, 0.1) is 5.69 Å². The van der Waals surface area contributed by atoms with E-state index in [4.69, 9.17) is 17.4 Å². The van der Waals surface area contributed by atoms with Crippen LogP contribution in [0.1, 0.15) is 21.7 Å². The molecule has 0 aliphatic rings. The summed E-state index contributed by atoms with van der Waals surface area (Å²) in [6, 6.07) is 3.68. The van der Waals surface area contributed by atoms with E-state index in [2.05, 4.69) is 4.98 Å². The van der Waals surface area contributed by atoms with E-state index in [0.717, 1.165) is 5.56 Å². The molecule has 2 amide bonds. The van der Waals surface area contributed by atoms with Crippen LogP contribution in [0.2, 0.25) is 0 Å². The number of pyridine rings is 1. The summed E-state index contributed by atoms with van der Waals surface area (Å²) in [6.45, 7) is 3.59. The summed E-state index contributed by atoms with van der Waals surface area (Å²) in [7, 11) is 0. The van der Waals surface area contributed by atoms with Gasteiger partial charge in [-0.05, 0) is 25.5 Å². The van der Waals surface area contributed by atoms with Crippen LogP contribution in [-0.2, 0) is 4.79 Å². The lowest BCUT2D eigenvalue weighted by atomic mass is 10.3. The fourth-order valence-electron chi connectivity index (χ4n) is 1.82. The number of halogens is 1. The Labute approximate surface area is 114 Å². The molecular formula is C12H13ClN4O2. The van der Waals surface area contributed by atoms with Crippen LogP contribution < -0.4 is 5.84 Å². The highest BCUT2D eigenvalue weighted by Crippen LogP contribution is 2.14. The summed E-state index contributed by atoms with van der Waals surface area (Å²) in [6.07, 6.45) is 1.77. The average Bonchev–Trinajstić information content (AvgIpc) is 2.71. The number of amides is 2. The number of fused-ring (bicyclic) bond motifs is 1. The molecule has 100 valence electrons. The zero-order chi connectivity index (χ0) is 14.2. The van der Waals surface area contributed by atoms with Gasteiger partial charge < -0.3 is 0 Å². The normalized spacial score (nSPS) is 10.7. The Morgan fingerprint density at radius 3 is 2.74 bits per heavy atom. The fourth-order valence-corrected chi connectivity index (χ4v) is 1.95. The zero-order valence-corrected chi connectivity index (χ0v) is 11.3. The number of nitrogens with two attached hydrogens (primary N) is 1. The van der Waals surface area contributed by atoms with Crippen LogP contribution >= 0.6 is 11.6 Å². The number of carbonyl (C=O) groups is 2. The summed E-state index contributed by atoms with van der Waals surface area (Å²) < 4.78 is 1.62. The summed E-state index contributed by atoms with van der Waals surface area (Å²) in [5, 5.41) is 0.520. The number of aryl methyl sites for hydroxylation is 2. The van der Waals surface area contributed by atoms with Crippen molar-refractivity contribution >= 4 is 29.1 Å². The number of imide groups is 1. The van der Waals surface area contributed by atoms with Gasteiger partial charge in [0.25, 0.3) is 11.8 Å². The van der Waals surface area contributed by atoms with Gasteiger partial charge >= 0.3 is 0 Å². The lowest BCUT2D eigenvalue weighted by Crippen LogP contribution is -2.44. The third-order valence-electron chi connectivity index (χ3n) is 2.75. The number of hydrogen-bond acceptors (Lipinski definition) is 4. The van der Waals surface area contributed by atoms with E-state index in [1.54, 1.807) is 23.6 Å². The molecule has 0 aromatic carbocycles. The number of aromatic nitrogens is 2. The SMILES string of the molecule is Cc1ccc2nc(C)c(C(=O)N(N)C(=O)CCl)n2c1. The third kappa shape index (κ3) is 2.32. The van der Waals surface area contributed by atoms with E-state index < -0.39 is 11.8 Å². The molecule has 0 atom stereocenters. The first-order valence-electron chi connectivity index (χ1n) is 5.59. The number of imidazole rings is 1. The Morgan fingerprint density at radius 2 is 2.11 bits per heavy atom. The molecule has 0 saturated heterocycles. The van der Waals surface area contributed by atoms with Crippen molar-refractivity contribution in [3.63, 3.8) is 0 Å². The van der Waals surface area contributed by atoms with E-state index in [0.29, 0.717) is 16.4 Å². The second kappa shape index (κ2) is 4.99. The average molecular weight is 281 g/mol. The molecule has 0 unspecified atom stereocenters. The molecule has 0 aliphatic carbocycles. The van der Waals surface area contributed by atoms with Crippen LogP contribution in [0.3, 0.4) is 0 Å². The van der Waals surface area contributed by atoms with Crippen LogP contribution in [0.5, 0.6) is 0 Å². The van der Waals surface area contributed by atoms with Gasteiger partial charge in [0.2, 0.25) is 0 Å². The summed E-state index contributed by atoms with van der Waals surface area (Å²) in [4.78, 5) is 27.9. The van der Waals surface area contributed by atoms with Gasteiger partial charge in [-0.15, -0.1) is 11.6 Å². The topological polar surface area (TPSA) is 80.7 Å². The van der Waals surface area contributed by atoms with E-state index in [9.17, 15) is 9.59 Å². The second-order valence-electron chi connectivity index (χ2n) is 4.18. The number of alkyl halides is 1. The van der Waals surface area contributed by atoms with Crippen LogP contribution in [0, 0.1) is 13.8 Å². The molecule has 2 aromatic heterocycles. The highest BCUT2D eigenvalue weighted by Gasteiger charge is 2.24. The minimum atomic E-state index is -0.659. The molecule has 0 saturated carbocycles. The standard InChI is InChI=1S/C12H13ClN4O2/c1-7-3-4-9-15-8(2)11(16(9)6-7)12(19)17(14)10(18)5-13/h3-4,6H,5,14H2,1-2H3. The monoisotopic (exact) mass is 280 g/mol. The van der Waals surface area contributed by atoms with Gasteiger partial charge in [0.1, 0.15) is 17.2 Å². The molecule has 2 aromatic rings. The van der Waals surface area contributed by atoms with Crippen LogP contribution in [0.4, 0.5) is 0 Å². The molecule has 0 spiro atoms. The molecule has 0 fully saturated rings. The van der Waals surface area contributed by atoms with Gasteiger partial charge in [-0.2, -0.15) is 0 Å². The maximum atomic E-state index is 12.2. The molecule has 2 heterocycles. The molecule has 0 aliphatic heterocycles. The highest BCUT2D eigenvalue weighted by molar-refractivity contribution is 6.28. The zero-order valence-electron chi connectivity index (χ0n) is 10.6. The number of hydrazine groups is 1. The molecule has 0 bridgehead atoms. The van der Waals surface area contributed by atoms with E-state index >= 15 is 0 Å². The largest absolute Gasteiger partial charge is 0.295 e. The number of rotatable bonds is 2. The Kier molecular flexibility index (Phi) is 3.55. The molecular weight excluding hydrogens is 268 g/mol. The first kappa shape index (κ1) is 13.5. The van der Waals surface area contributed by atoms with E-state index in [-0.39, 0.29) is 11.6 Å². The van der Waals surface area contributed by atoms with Gasteiger partial charge in [0, 0.05) is 6.20 Å². The van der Waals surface area contributed by atoms with Crippen molar-refractivity contribution < 1.29 is 9.59 Å². The quantitative estimate of drug-likeness (QED) is 0.386. The van der Waals surface area contributed by atoms with Gasteiger partial charge in [-0.1, -0.05) is 6.07 Å². The first-order chi connectivity index (χ1) is 8.95. The Morgan fingerprint density at radius 1 is 1.42 bits per heavy atom. The van der Waals surface area contributed by atoms with Gasteiger partial charge in [0.15, 0.2) is 0 Å². The smallest absolute Gasteiger partial charge is 0.293 e. The van der Waals surface area contributed by atoms with Crippen molar-refractivity contribution in [3.05, 3.63) is 35.3 Å². The molecule has 2 N–H and O–H groups in total. The lowest BCUT2D eigenvalue weighted by molar-refractivity contribution is -0.126. The van der Waals surface area contributed by atoms with Gasteiger partial charge in [-0.3, -0.25) is 14.0 Å². The number of hydrogen-bond donors (Lipinski definition) is 1. The second-order valence-corrected chi connectivity index (χ2v) is 4.45. The molecule has 6 nitrogen and oxygen atoms in total. The summed E-state index contributed by atoms with van der Waals surface area (Å²) >= 11 is 5.39. The summed E-state index contributed by atoms with van der Waals surface area (Å²) in [5.74, 6) is 3.84. The predicted molar refractivity (Wildman–Crippen MR) is 70.7 cm³/mol. The Balaban J connectivity index is 2.55. The Bertz CT molecular complexity index is 665. The van der Waals surface area contributed by atoms with Crippen molar-refractivity contribution in [2.75, 3.05) is 5.88 Å². The maximum Gasteiger partial charge on any atom is 0.293 e. The highest BCUT2D eigenvalue weighted by atomic mass is 35.5. The van der Waals surface area contributed by atoms with Crippen LogP contribution in [0.15, 0.2) is 18.3 Å². The molecule has 19 heavy (non-hydrogen) atoms. The molecule has 7 heteroatoms. The predicted octanol–water partition coefficient (Wildman–Crippen LogP) is 1.03. The van der Waals surface area contributed by atoms with Crippen LogP contribution in [0.25, 0.3) is 5.65 Å². The third-order valence-corrected chi connectivity index (χ3v) is 2.97.